The van der Waals surface area contributed by atoms with E-state index in [0.717, 1.165) is 37.0 Å². The maximum Gasteiger partial charge on any atom is 0.261 e. The Morgan fingerprint density at radius 1 is 1.14 bits per heavy atom. The number of hydrogen-bond acceptors (Lipinski definition) is 4. The highest BCUT2D eigenvalue weighted by molar-refractivity contribution is 7.92. The number of benzene rings is 1. The molecule has 0 aliphatic heterocycles. The molecule has 1 amide bonds. The van der Waals surface area contributed by atoms with E-state index in [1.165, 1.54) is 36.9 Å². The first-order valence-electron chi connectivity index (χ1n) is 10.7. The van der Waals surface area contributed by atoms with Gasteiger partial charge in [-0.2, -0.15) is 0 Å². The second-order valence-corrected chi connectivity index (χ2v) is 11.4. The van der Waals surface area contributed by atoms with Crippen molar-refractivity contribution in [2.75, 3.05) is 17.6 Å². The number of sulfonamides is 1. The largest absolute Gasteiger partial charge is 0.481 e. The quantitative estimate of drug-likeness (QED) is 0.734. The summed E-state index contributed by atoms with van der Waals surface area (Å²) in [6, 6.07) is 6.83. The predicted molar refractivity (Wildman–Crippen MR) is 113 cm³/mol. The monoisotopic (exact) mass is 420 g/mol. The van der Waals surface area contributed by atoms with Gasteiger partial charge in [0.15, 0.2) is 6.10 Å². The van der Waals surface area contributed by atoms with E-state index in [0.29, 0.717) is 17.9 Å². The molecule has 0 aromatic heterocycles. The number of hydrogen-bond donors (Lipinski definition) is 1. The third kappa shape index (κ3) is 4.25. The molecule has 4 bridgehead atoms. The summed E-state index contributed by atoms with van der Waals surface area (Å²) in [5.74, 6) is 2.89. The van der Waals surface area contributed by atoms with Crippen molar-refractivity contribution in [1.82, 2.24) is 5.32 Å². The molecule has 1 aromatic rings. The first-order chi connectivity index (χ1) is 13.7. The molecular formula is C22H32N2O4S. The van der Waals surface area contributed by atoms with Gasteiger partial charge < -0.3 is 10.1 Å². The smallest absolute Gasteiger partial charge is 0.261 e. The fourth-order valence-electron chi connectivity index (χ4n) is 6.02. The van der Waals surface area contributed by atoms with Crippen LogP contribution in [0.25, 0.3) is 0 Å². The number of anilines is 1. The first-order valence-corrected chi connectivity index (χ1v) is 12.5. The summed E-state index contributed by atoms with van der Waals surface area (Å²) in [7, 11) is -1.79. The number of rotatable bonds is 7. The number of carbonyl (C=O) groups is 1. The minimum atomic E-state index is -3.31. The molecule has 1 unspecified atom stereocenters. The lowest BCUT2D eigenvalue weighted by Crippen LogP contribution is -2.61. The molecule has 160 valence electrons. The highest BCUT2D eigenvalue weighted by Gasteiger charge is 2.51. The molecule has 7 heteroatoms. The van der Waals surface area contributed by atoms with Crippen molar-refractivity contribution in [3.8, 4) is 5.75 Å². The van der Waals surface area contributed by atoms with E-state index in [4.69, 9.17) is 4.74 Å². The van der Waals surface area contributed by atoms with Gasteiger partial charge in [0.1, 0.15) is 5.75 Å². The third-order valence-corrected chi connectivity index (χ3v) is 8.27. The maximum absolute atomic E-state index is 13.0. The average molecular weight is 421 g/mol. The summed E-state index contributed by atoms with van der Waals surface area (Å²) < 4.78 is 30.5. The van der Waals surface area contributed by atoms with Crippen LogP contribution < -0.4 is 14.4 Å². The maximum atomic E-state index is 13.0. The van der Waals surface area contributed by atoms with Gasteiger partial charge in [0, 0.05) is 12.6 Å². The van der Waals surface area contributed by atoms with Crippen LogP contribution in [0.4, 0.5) is 5.69 Å². The van der Waals surface area contributed by atoms with Gasteiger partial charge in [-0.15, -0.1) is 0 Å². The van der Waals surface area contributed by atoms with Gasteiger partial charge in [0.2, 0.25) is 10.0 Å². The molecule has 4 saturated carbocycles. The molecule has 29 heavy (non-hydrogen) atoms. The number of ether oxygens (including phenoxy) is 1. The Bertz CT molecular complexity index is 830. The first kappa shape index (κ1) is 20.5. The third-order valence-electron chi connectivity index (χ3n) is 7.07. The molecular weight excluding hydrogens is 388 g/mol. The van der Waals surface area contributed by atoms with Gasteiger partial charge in [-0.05, 0) is 87.0 Å². The molecule has 0 radical (unpaired) electrons. The molecule has 4 aliphatic rings. The van der Waals surface area contributed by atoms with Gasteiger partial charge in [-0.25, -0.2) is 8.42 Å². The number of nitrogens with one attached hydrogen (secondary N) is 1. The molecule has 0 saturated heterocycles. The van der Waals surface area contributed by atoms with Crippen LogP contribution in [-0.4, -0.2) is 39.3 Å². The topological polar surface area (TPSA) is 75.7 Å². The highest BCUT2D eigenvalue weighted by Crippen LogP contribution is 2.55. The Kier molecular flexibility index (Phi) is 5.30. The molecule has 1 aromatic carbocycles. The lowest BCUT2D eigenvalue weighted by molar-refractivity contribution is -0.134. The second-order valence-electron chi connectivity index (χ2n) is 9.43. The van der Waals surface area contributed by atoms with Crippen molar-refractivity contribution in [3.63, 3.8) is 0 Å². The van der Waals surface area contributed by atoms with Crippen molar-refractivity contribution in [2.24, 2.45) is 17.8 Å². The zero-order valence-electron chi connectivity index (χ0n) is 17.6. The number of carbonyl (C=O) groups excluding carboxylic acids is 1. The van der Waals surface area contributed by atoms with Gasteiger partial charge in [0.25, 0.3) is 5.91 Å². The van der Waals surface area contributed by atoms with Crippen LogP contribution in [0.3, 0.4) is 0 Å². The minimum absolute atomic E-state index is 0.0215. The fourth-order valence-corrected chi connectivity index (χ4v) is 6.52. The van der Waals surface area contributed by atoms with Crippen LogP contribution in [-0.2, 0) is 14.8 Å². The van der Waals surface area contributed by atoms with Crippen LogP contribution in [0, 0.1) is 17.8 Å². The van der Waals surface area contributed by atoms with Crippen molar-refractivity contribution in [2.45, 2.75) is 63.5 Å². The molecule has 6 nitrogen and oxygen atoms in total. The highest BCUT2D eigenvalue weighted by atomic mass is 32.2. The van der Waals surface area contributed by atoms with Crippen LogP contribution in [0.15, 0.2) is 24.3 Å². The van der Waals surface area contributed by atoms with Gasteiger partial charge >= 0.3 is 0 Å². The summed E-state index contributed by atoms with van der Waals surface area (Å²) in [6.45, 7) is 1.95. The Morgan fingerprint density at radius 2 is 1.66 bits per heavy atom. The van der Waals surface area contributed by atoms with E-state index in [1.807, 2.05) is 6.92 Å². The van der Waals surface area contributed by atoms with Crippen molar-refractivity contribution in [1.29, 1.82) is 0 Å². The fraction of sp³-hybridized carbons (Fsp3) is 0.682. The van der Waals surface area contributed by atoms with E-state index in [-0.39, 0.29) is 11.4 Å². The summed E-state index contributed by atoms with van der Waals surface area (Å²) in [6.07, 6.45) is 8.60. The number of amides is 1. The summed E-state index contributed by atoms with van der Waals surface area (Å²) in [5, 5.41) is 3.39. The molecule has 4 aliphatic carbocycles. The summed E-state index contributed by atoms with van der Waals surface area (Å²) >= 11 is 0. The second kappa shape index (κ2) is 7.49. The normalized spacial score (nSPS) is 31.3. The zero-order chi connectivity index (χ0) is 20.8. The van der Waals surface area contributed by atoms with E-state index in [9.17, 15) is 13.2 Å². The molecule has 0 spiro atoms. The van der Waals surface area contributed by atoms with Crippen LogP contribution in [0.5, 0.6) is 5.75 Å². The van der Waals surface area contributed by atoms with E-state index >= 15 is 0 Å². The van der Waals surface area contributed by atoms with Crippen LogP contribution in [0.1, 0.15) is 51.9 Å². The minimum Gasteiger partial charge on any atom is -0.481 e. The van der Waals surface area contributed by atoms with E-state index in [1.54, 1.807) is 24.3 Å². The van der Waals surface area contributed by atoms with Gasteiger partial charge in [0.05, 0.1) is 11.9 Å². The molecule has 0 heterocycles. The number of nitrogens with zero attached hydrogens (tertiary/aromatic N) is 1. The SMILES string of the molecule is CCC(Oc1ccc(N(C)S(C)(=O)=O)cc1)C(=O)NC12CC3CC(CC(C3)C1)C2. The average Bonchev–Trinajstić information content (AvgIpc) is 2.63. The molecule has 5 rings (SSSR count). The van der Waals surface area contributed by atoms with Crippen molar-refractivity contribution in [3.05, 3.63) is 24.3 Å². The van der Waals surface area contributed by atoms with E-state index in [2.05, 4.69) is 5.32 Å². The lowest BCUT2D eigenvalue weighted by Gasteiger charge is -2.57. The lowest BCUT2D eigenvalue weighted by atomic mass is 9.53. The Hall–Kier alpha value is -1.76. The standard InChI is InChI=1S/C22H32N2O4S/c1-4-20(28-19-7-5-18(6-8-19)24(2)29(3,26)27)21(25)23-22-12-15-9-16(13-22)11-17(10-15)14-22/h5-8,15-17,20H,4,9-14H2,1-3H3,(H,23,25). The Balaban J connectivity index is 1.41. The zero-order valence-corrected chi connectivity index (χ0v) is 18.4. The molecule has 1 N–H and O–H groups in total. The van der Waals surface area contributed by atoms with E-state index < -0.39 is 16.1 Å². The van der Waals surface area contributed by atoms with Crippen LogP contribution >= 0.6 is 0 Å². The molecule has 4 fully saturated rings. The van der Waals surface area contributed by atoms with Crippen molar-refractivity contribution < 1.29 is 17.9 Å². The van der Waals surface area contributed by atoms with Crippen molar-refractivity contribution >= 4 is 21.6 Å². The Labute approximate surface area is 174 Å². The molecule has 1 atom stereocenters. The predicted octanol–water partition coefficient (Wildman–Crippen LogP) is 3.32. The van der Waals surface area contributed by atoms with Crippen LogP contribution in [0.2, 0.25) is 0 Å². The Morgan fingerprint density at radius 3 is 2.10 bits per heavy atom. The van der Waals surface area contributed by atoms with Gasteiger partial charge in [-0.1, -0.05) is 6.92 Å². The summed E-state index contributed by atoms with van der Waals surface area (Å²) in [5.41, 5.74) is 0.538. The summed E-state index contributed by atoms with van der Waals surface area (Å²) in [4.78, 5) is 13.0. The van der Waals surface area contributed by atoms with Gasteiger partial charge in [-0.3, -0.25) is 9.10 Å².